The van der Waals surface area contributed by atoms with E-state index in [2.05, 4.69) is 6.92 Å². The molecule has 0 N–H and O–H groups in total. The molecule has 0 radical (unpaired) electrons. The van der Waals surface area contributed by atoms with Gasteiger partial charge in [-0.2, -0.15) is 10.5 Å². The summed E-state index contributed by atoms with van der Waals surface area (Å²) in [6.07, 6.45) is 1.95. The molecule has 0 heterocycles. The van der Waals surface area contributed by atoms with Gasteiger partial charge in [0.1, 0.15) is 0 Å². The molecule has 0 saturated heterocycles. The molecule has 4 nitrogen and oxygen atoms in total. The summed E-state index contributed by atoms with van der Waals surface area (Å²) in [7, 11) is 0. The average Bonchev–Trinajstić information content (AvgIpc) is 2.28. The Morgan fingerprint density at radius 1 is 1.00 bits per heavy atom. The van der Waals surface area contributed by atoms with Crippen LogP contribution in [-0.2, 0) is 9.47 Å². The molecule has 0 aliphatic heterocycles. The molecule has 4 heteroatoms. The molecule has 16 heavy (non-hydrogen) atoms. The van der Waals surface area contributed by atoms with Gasteiger partial charge in [-0.15, -0.1) is 0 Å². The Morgan fingerprint density at radius 3 is 2.25 bits per heavy atom. The van der Waals surface area contributed by atoms with E-state index < -0.39 is 0 Å². The predicted molar refractivity (Wildman–Crippen MR) is 60.5 cm³/mol. The molecule has 0 aromatic heterocycles. The minimum absolute atomic E-state index is 0.146. The zero-order chi connectivity index (χ0) is 12.2. The summed E-state index contributed by atoms with van der Waals surface area (Å²) < 4.78 is 10.8. The van der Waals surface area contributed by atoms with Crippen LogP contribution in [0.25, 0.3) is 0 Å². The maximum absolute atomic E-state index is 8.37. The molecule has 0 aromatic rings. The van der Waals surface area contributed by atoms with Crippen molar-refractivity contribution in [2.24, 2.45) is 5.92 Å². The molecule has 0 rings (SSSR count). The van der Waals surface area contributed by atoms with Crippen molar-refractivity contribution in [1.29, 1.82) is 10.5 Å². The summed E-state index contributed by atoms with van der Waals surface area (Å²) in [6, 6.07) is 4.08. The van der Waals surface area contributed by atoms with Crippen molar-refractivity contribution in [3.63, 3.8) is 0 Å². The van der Waals surface area contributed by atoms with Crippen LogP contribution in [0.1, 0.15) is 33.1 Å². The number of hydrogen-bond acceptors (Lipinski definition) is 4. The van der Waals surface area contributed by atoms with Crippen LogP contribution in [0.4, 0.5) is 0 Å². The first-order chi connectivity index (χ1) is 7.72. The number of hydrogen-bond donors (Lipinski definition) is 0. The van der Waals surface area contributed by atoms with Gasteiger partial charge in [0.2, 0.25) is 0 Å². The van der Waals surface area contributed by atoms with Gasteiger partial charge >= 0.3 is 0 Å². The lowest BCUT2D eigenvalue weighted by Crippen LogP contribution is -2.20. The summed E-state index contributed by atoms with van der Waals surface area (Å²) in [6.45, 7) is 5.78. The van der Waals surface area contributed by atoms with Crippen LogP contribution in [0.2, 0.25) is 0 Å². The smallest absolute Gasteiger partial charge is 0.0645 e. The topological polar surface area (TPSA) is 66.0 Å². The molecule has 0 aliphatic rings. The molecule has 0 amide bonds. The van der Waals surface area contributed by atoms with Crippen molar-refractivity contribution in [3.8, 4) is 12.1 Å². The zero-order valence-corrected chi connectivity index (χ0v) is 10.1. The molecule has 0 fully saturated rings. The SMILES string of the molecule is CC(CCOCCC#N)C(C)OCCC#N. The zero-order valence-electron chi connectivity index (χ0n) is 10.1. The molecule has 0 spiro atoms. The van der Waals surface area contributed by atoms with Crippen molar-refractivity contribution in [2.75, 3.05) is 19.8 Å². The highest BCUT2D eigenvalue weighted by atomic mass is 16.5. The highest BCUT2D eigenvalue weighted by Gasteiger charge is 2.12. The van der Waals surface area contributed by atoms with Gasteiger partial charge in [0.15, 0.2) is 0 Å². The summed E-state index contributed by atoms with van der Waals surface area (Å²) in [4.78, 5) is 0. The molecule has 2 atom stereocenters. The minimum Gasteiger partial charge on any atom is -0.380 e. The van der Waals surface area contributed by atoms with Crippen LogP contribution in [0, 0.1) is 28.6 Å². The molecule has 0 saturated carbocycles. The Morgan fingerprint density at radius 2 is 1.62 bits per heavy atom. The molecule has 0 aliphatic carbocycles. The number of rotatable bonds is 9. The van der Waals surface area contributed by atoms with E-state index in [4.69, 9.17) is 20.0 Å². The van der Waals surface area contributed by atoms with Crippen molar-refractivity contribution >= 4 is 0 Å². The van der Waals surface area contributed by atoms with E-state index >= 15 is 0 Å². The van der Waals surface area contributed by atoms with Crippen LogP contribution in [-0.4, -0.2) is 25.9 Å². The van der Waals surface area contributed by atoms with Crippen LogP contribution in [0.3, 0.4) is 0 Å². The fraction of sp³-hybridized carbons (Fsp3) is 0.833. The number of nitriles is 2. The van der Waals surface area contributed by atoms with Crippen LogP contribution < -0.4 is 0 Å². The quantitative estimate of drug-likeness (QED) is 0.563. The Bertz CT molecular complexity index is 242. The molecular weight excluding hydrogens is 204 g/mol. The lowest BCUT2D eigenvalue weighted by atomic mass is 10.0. The van der Waals surface area contributed by atoms with Gasteiger partial charge in [-0.3, -0.25) is 0 Å². The van der Waals surface area contributed by atoms with E-state index in [1.165, 1.54) is 0 Å². The van der Waals surface area contributed by atoms with E-state index in [0.717, 1.165) is 6.42 Å². The second-order valence-electron chi connectivity index (χ2n) is 3.77. The number of nitrogens with zero attached hydrogens (tertiary/aromatic N) is 2. The molecule has 0 bridgehead atoms. The summed E-state index contributed by atoms with van der Waals surface area (Å²) in [5.41, 5.74) is 0. The van der Waals surface area contributed by atoms with Crippen molar-refractivity contribution in [3.05, 3.63) is 0 Å². The summed E-state index contributed by atoms with van der Waals surface area (Å²) in [5, 5.41) is 16.7. The minimum atomic E-state index is 0.146. The Labute approximate surface area is 97.8 Å². The maximum Gasteiger partial charge on any atom is 0.0645 e. The normalized spacial score (nSPS) is 13.8. The first-order valence-electron chi connectivity index (χ1n) is 5.65. The van der Waals surface area contributed by atoms with E-state index in [1.54, 1.807) is 0 Å². The molecule has 90 valence electrons. The van der Waals surface area contributed by atoms with Gasteiger partial charge in [-0.1, -0.05) is 6.92 Å². The van der Waals surface area contributed by atoms with Crippen LogP contribution in [0.15, 0.2) is 0 Å². The van der Waals surface area contributed by atoms with Crippen molar-refractivity contribution in [1.82, 2.24) is 0 Å². The van der Waals surface area contributed by atoms with Gasteiger partial charge < -0.3 is 9.47 Å². The third-order valence-corrected chi connectivity index (χ3v) is 2.47. The van der Waals surface area contributed by atoms with Gasteiger partial charge in [0.05, 0.1) is 44.3 Å². The fourth-order valence-electron chi connectivity index (χ4n) is 1.18. The van der Waals surface area contributed by atoms with Gasteiger partial charge in [-0.25, -0.2) is 0 Å². The summed E-state index contributed by atoms with van der Waals surface area (Å²) >= 11 is 0. The van der Waals surface area contributed by atoms with E-state index in [1.807, 2.05) is 19.1 Å². The third kappa shape index (κ3) is 8.23. The first-order valence-corrected chi connectivity index (χ1v) is 5.65. The van der Waals surface area contributed by atoms with Crippen LogP contribution >= 0.6 is 0 Å². The third-order valence-electron chi connectivity index (χ3n) is 2.47. The van der Waals surface area contributed by atoms with E-state index in [0.29, 0.717) is 38.6 Å². The van der Waals surface area contributed by atoms with Crippen molar-refractivity contribution in [2.45, 2.75) is 39.2 Å². The Hall–Kier alpha value is -1.10. The Kier molecular flexibility index (Phi) is 9.70. The van der Waals surface area contributed by atoms with Gasteiger partial charge in [0.25, 0.3) is 0 Å². The molecular formula is C12H20N2O2. The Balaban J connectivity index is 3.44. The highest BCUT2D eigenvalue weighted by Crippen LogP contribution is 2.11. The second-order valence-corrected chi connectivity index (χ2v) is 3.77. The van der Waals surface area contributed by atoms with Gasteiger partial charge in [0, 0.05) is 6.61 Å². The highest BCUT2D eigenvalue weighted by molar-refractivity contribution is 4.69. The largest absolute Gasteiger partial charge is 0.380 e. The predicted octanol–water partition coefficient (Wildman–Crippen LogP) is 2.26. The monoisotopic (exact) mass is 224 g/mol. The molecule has 0 aromatic carbocycles. The average molecular weight is 224 g/mol. The summed E-state index contributed by atoms with van der Waals surface area (Å²) in [5.74, 6) is 0.403. The second kappa shape index (κ2) is 10.4. The maximum atomic E-state index is 8.37. The lowest BCUT2D eigenvalue weighted by Gasteiger charge is -2.19. The fourth-order valence-corrected chi connectivity index (χ4v) is 1.18. The van der Waals surface area contributed by atoms with Crippen LogP contribution in [0.5, 0.6) is 0 Å². The van der Waals surface area contributed by atoms with E-state index in [9.17, 15) is 0 Å². The number of ether oxygens (including phenoxy) is 2. The molecule has 2 unspecified atom stereocenters. The van der Waals surface area contributed by atoms with Gasteiger partial charge in [-0.05, 0) is 19.3 Å². The standard InChI is InChI=1S/C12H20N2O2/c1-11(5-10-15-8-3-6-13)12(2)16-9-4-7-14/h11-12H,3-5,8-10H2,1-2H3. The van der Waals surface area contributed by atoms with E-state index in [-0.39, 0.29) is 6.10 Å². The van der Waals surface area contributed by atoms with Crippen molar-refractivity contribution < 1.29 is 9.47 Å². The lowest BCUT2D eigenvalue weighted by molar-refractivity contribution is 0.0193. The first kappa shape index (κ1) is 14.9.